The minimum atomic E-state index is -0.608. The van der Waals surface area contributed by atoms with Gasteiger partial charge >= 0.3 is 5.69 Å². The number of pyridine rings is 1. The average molecular weight is 418 g/mol. The van der Waals surface area contributed by atoms with Crippen molar-refractivity contribution in [1.29, 1.82) is 0 Å². The fourth-order valence-electron chi connectivity index (χ4n) is 3.66. The van der Waals surface area contributed by atoms with Crippen LogP contribution in [0, 0.1) is 0 Å². The summed E-state index contributed by atoms with van der Waals surface area (Å²) >= 11 is 1.32. The van der Waals surface area contributed by atoms with Gasteiger partial charge in [-0.3, -0.25) is 19.1 Å². The van der Waals surface area contributed by atoms with Gasteiger partial charge in [0.05, 0.1) is 10.8 Å². The highest BCUT2D eigenvalue weighted by Crippen LogP contribution is 2.30. The maximum Gasteiger partial charge on any atom is 0.330 e. The van der Waals surface area contributed by atoms with Crippen LogP contribution in [-0.4, -0.2) is 32.2 Å². The molecule has 2 aromatic rings. The quantitative estimate of drug-likeness (QED) is 0.638. The lowest BCUT2D eigenvalue weighted by atomic mass is 10.2. The van der Waals surface area contributed by atoms with E-state index < -0.39 is 11.2 Å². The normalized spacial score (nSPS) is 14.2. The topological polar surface area (TPSA) is 114 Å². The maximum absolute atomic E-state index is 13.2. The van der Waals surface area contributed by atoms with Crippen molar-refractivity contribution >= 4 is 29.2 Å². The molecule has 0 atom stereocenters. The summed E-state index contributed by atoms with van der Waals surface area (Å²) in [5, 5.41) is 0.738. The highest BCUT2D eigenvalue weighted by molar-refractivity contribution is 7.99. The van der Waals surface area contributed by atoms with Crippen molar-refractivity contribution in [3.8, 4) is 0 Å². The first-order valence-corrected chi connectivity index (χ1v) is 11.0. The second kappa shape index (κ2) is 9.78. The monoisotopic (exact) mass is 417 g/mol. The first-order valence-electron chi connectivity index (χ1n) is 10.0. The van der Waals surface area contributed by atoms with Gasteiger partial charge in [0.1, 0.15) is 5.82 Å². The lowest BCUT2D eigenvalue weighted by molar-refractivity contribution is -0.116. The average Bonchev–Trinajstić information content (AvgIpc) is 3.24. The predicted molar refractivity (Wildman–Crippen MR) is 115 cm³/mol. The molecular formula is C20H27N5O3S. The molecule has 0 aliphatic heterocycles. The molecule has 0 aromatic carbocycles. The van der Waals surface area contributed by atoms with E-state index in [9.17, 15) is 14.4 Å². The second-order valence-electron chi connectivity index (χ2n) is 7.16. The van der Waals surface area contributed by atoms with Gasteiger partial charge in [-0.05, 0) is 31.4 Å². The number of hydrogen-bond acceptors (Lipinski definition) is 6. The molecule has 1 aliphatic carbocycles. The third-order valence-electron chi connectivity index (χ3n) is 5.13. The number of nitrogen functional groups attached to an aromatic ring is 1. The number of aromatic nitrogens is 3. The Hall–Kier alpha value is -2.55. The first kappa shape index (κ1) is 21.2. The van der Waals surface area contributed by atoms with Gasteiger partial charge < -0.3 is 10.6 Å². The Labute approximate surface area is 173 Å². The number of rotatable bonds is 8. The van der Waals surface area contributed by atoms with Gasteiger partial charge in [-0.1, -0.05) is 44.0 Å². The second-order valence-corrected chi connectivity index (χ2v) is 8.15. The van der Waals surface area contributed by atoms with Crippen LogP contribution < -0.4 is 21.9 Å². The van der Waals surface area contributed by atoms with Crippen LogP contribution in [0.5, 0.6) is 0 Å². The van der Waals surface area contributed by atoms with Crippen LogP contribution in [0.3, 0.4) is 0 Å². The number of nitrogens with zero attached hydrogens (tertiary/aromatic N) is 3. The molecule has 1 aliphatic rings. The Morgan fingerprint density at radius 1 is 1.34 bits per heavy atom. The van der Waals surface area contributed by atoms with E-state index >= 15 is 0 Å². The zero-order valence-electron chi connectivity index (χ0n) is 16.6. The van der Waals surface area contributed by atoms with Crippen molar-refractivity contribution in [3.05, 3.63) is 45.2 Å². The molecule has 9 heteroatoms. The van der Waals surface area contributed by atoms with Crippen molar-refractivity contribution in [2.45, 2.75) is 63.1 Å². The molecule has 3 N–H and O–H groups in total. The number of thioether (sulfide) groups is 1. The van der Waals surface area contributed by atoms with Gasteiger partial charge in [0.2, 0.25) is 5.91 Å². The smallest absolute Gasteiger partial charge is 0.330 e. The molecule has 0 bridgehead atoms. The number of H-pyrrole nitrogens is 1. The van der Waals surface area contributed by atoms with Crippen LogP contribution in [0.4, 0.5) is 11.5 Å². The summed E-state index contributed by atoms with van der Waals surface area (Å²) in [6, 6.07) is 5.42. The lowest BCUT2D eigenvalue weighted by Gasteiger charge is -2.29. The van der Waals surface area contributed by atoms with Crippen LogP contribution in [-0.2, 0) is 11.3 Å². The number of anilines is 2. The van der Waals surface area contributed by atoms with Gasteiger partial charge in [0.25, 0.3) is 5.56 Å². The largest absolute Gasteiger partial charge is 0.383 e. The summed E-state index contributed by atoms with van der Waals surface area (Å²) in [5.74, 6) is 0.00115. The molecule has 0 unspecified atom stereocenters. The number of carbonyl (C=O) groups is 1. The molecule has 1 saturated carbocycles. The molecule has 2 aromatic heterocycles. The molecule has 3 rings (SSSR count). The Kier molecular flexibility index (Phi) is 7.13. The lowest BCUT2D eigenvalue weighted by Crippen LogP contribution is -2.46. The molecule has 0 spiro atoms. The predicted octanol–water partition coefficient (Wildman–Crippen LogP) is 2.38. The number of nitrogens with two attached hydrogens (primary N) is 1. The summed E-state index contributed by atoms with van der Waals surface area (Å²) in [4.78, 5) is 46.3. The Balaban J connectivity index is 1.95. The highest BCUT2D eigenvalue weighted by atomic mass is 32.2. The Morgan fingerprint density at radius 2 is 2.10 bits per heavy atom. The minimum Gasteiger partial charge on any atom is -0.383 e. The standard InChI is InChI=1S/C20H27N5O3S/c1-2-3-12-24-18(21)17(19(27)23-20(24)28)25(14-8-4-5-9-14)16(26)13-29-15-10-6-7-11-22-15/h6-7,10-11,14H,2-5,8-9,12-13,21H2,1H3,(H,23,27,28). The molecule has 8 nitrogen and oxygen atoms in total. The van der Waals surface area contributed by atoms with Crippen molar-refractivity contribution in [2.75, 3.05) is 16.4 Å². The minimum absolute atomic E-state index is 0.0651. The summed E-state index contributed by atoms with van der Waals surface area (Å²) in [6.07, 6.45) is 6.92. The van der Waals surface area contributed by atoms with E-state index in [0.29, 0.717) is 6.54 Å². The number of hydrogen-bond donors (Lipinski definition) is 2. The van der Waals surface area contributed by atoms with Crippen molar-refractivity contribution < 1.29 is 4.79 Å². The van der Waals surface area contributed by atoms with Crippen LogP contribution in [0.2, 0.25) is 0 Å². The third-order valence-corrected chi connectivity index (χ3v) is 6.06. The summed E-state index contributed by atoms with van der Waals surface area (Å²) < 4.78 is 1.36. The maximum atomic E-state index is 13.2. The van der Waals surface area contributed by atoms with Crippen molar-refractivity contribution in [2.24, 2.45) is 0 Å². The number of amides is 1. The van der Waals surface area contributed by atoms with Gasteiger partial charge in [0, 0.05) is 18.8 Å². The Morgan fingerprint density at radius 3 is 2.76 bits per heavy atom. The molecule has 156 valence electrons. The van der Waals surface area contributed by atoms with Crippen molar-refractivity contribution in [1.82, 2.24) is 14.5 Å². The van der Waals surface area contributed by atoms with E-state index in [1.807, 2.05) is 25.1 Å². The number of aromatic amines is 1. The van der Waals surface area contributed by atoms with Gasteiger partial charge in [-0.15, -0.1) is 0 Å². The van der Waals surface area contributed by atoms with Gasteiger partial charge in [0.15, 0.2) is 5.69 Å². The fraction of sp³-hybridized carbons (Fsp3) is 0.500. The molecule has 2 heterocycles. The molecule has 0 saturated heterocycles. The SMILES string of the molecule is CCCCn1c(N)c(N(C(=O)CSc2ccccn2)C2CCCC2)c(=O)[nH]c1=O. The summed E-state index contributed by atoms with van der Waals surface area (Å²) in [5.41, 5.74) is 5.22. The molecule has 1 amide bonds. The summed E-state index contributed by atoms with van der Waals surface area (Å²) in [6.45, 7) is 2.41. The van der Waals surface area contributed by atoms with E-state index in [-0.39, 0.29) is 29.2 Å². The van der Waals surface area contributed by atoms with E-state index in [0.717, 1.165) is 43.6 Å². The molecule has 1 fully saturated rings. The zero-order valence-corrected chi connectivity index (χ0v) is 17.4. The number of nitrogens with one attached hydrogen (secondary N) is 1. The van der Waals surface area contributed by atoms with Gasteiger partial charge in [-0.2, -0.15) is 0 Å². The van der Waals surface area contributed by atoms with E-state index in [1.54, 1.807) is 6.20 Å². The van der Waals surface area contributed by atoms with E-state index in [1.165, 1.54) is 21.2 Å². The number of unbranched alkanes of at least 4 members (excludes halogenated alkanes) is 1. The van der Waals surface area contributed by atoms with Crippen LogP contribution >= 0.6 is 11.8 Å². The van der Waals surface area contributed by atoms with E-state index in [2.05, 4.69) is 9.97 Å². The van der Waals surface area contributed by atoms with Gasteiger partial charge in [-0.25, -0.2) is 9.78 Å². The summed E-state index contributed by atoms with van der Waals surface area (Å²) in [7, 11) is 0. The van der Waals surface area contributed by atoms with E-state index in [4.69, 9.17) is 5.73 Å². The van der Waals surface area contributed by atoms with Crippen molar-refractivity contribution in [3.63, 3.8) is 0 Å². The Bertz CT molecular complexity index is 951. The van der Waals surface area contributed by atoms with Crippen LogP contribution in [0.25, 0.3) is 0 Å². The molecule has 29 heavy (non-hydrogen) atoms. The molecule has 0 radical (unpaired) electrons. The first-order chi connectivity index (χ1) is 14.0. The van der Waals surface area contributed by atoms with Crippen LogP contribution in [0.15, 0.2) is 39.0 Å². The molecular weight excluding hydrogens is 390 g/mol. The fourth-order valence-corrected chi connectivity index (χ4v) is 4.38. The number of carbonyl (C=O) groups excluding carboxylic acids is 1. The van der Waals surface area contributed by atoms with Crippen LogP contribution in [0.1, 0.15) is 45.4 Å². The zero-order chi connectivity index (χ0) is 20.8. The third kappa shape index (κ3) is 4.90. The highest BCUT2D eigenvalue weighted by Gasteiger charge is 2.32.